The molecular weight excluding hydrogens is 231 g/mol. The molecule has 9 heteroatoms. The predicted octanol–water partition coefficient (Wildman–Crippen LogP) is -3.00. The van der Waals surface area contributed by atoms with Crippen LogP contribution in [0.15, 0.2) is 0 Å². The molecule has 46 valence electrons. The standard InChI is InChI=1S/H5O2PSi6/c1-3(2)9-6-4-5(6)8(9)7(4)9/h4-8H. The summed E-state index contributed by atoms with van der Waals surface area (Å²) in [6.45, 7) is 0. The van der Waals surface area contributed by atoms with E-state index in [-0.39, 0.29) is 36.7 Å². The Morgan fingerprint density at radius 1 is 1.00 bits per heavy atom. The molecule has 0 aromatic heterocycles. The van der Waals surface area contributed by atoms with Gasteiger partial charge in [0.25, 0.3) is 7.23 Å². The van der Waals surface area contributed by atoms with Gasteiger partial charge in [0.1, 0.15) is 0 Å². The van der Waals surface area contributed by atoms with E-state index in [4.69, 9.17) is 0 Å². The zero-order chi connectivity index (χ0) is 5.96. The van der Waals surface area contributed by atoms with E-state index in [1.807, 2.05) is 0 Å². The Bertz CT molecular complexity index is 269. The molecule has 0 aromatic carbocycles. The van der Waals surface area contributed by atoms with Gasteiger partial charge in [0.15, 0.2) is 6.29 Å². The molecule has 0 spiro atoms. The minimum absolute atomic E-state index is 0.0121. The summed E-state index contributed by atoms with van der Waals surface area (Å²) in [5.41, 5.74) is 0. The Hall–Kier alpha value is 1.20. The SMILES string of the molecule is O=P(=O)[Si]12[SiH]3[SiH]4[SiH]3[SiH]1[SiH]42. The Morgan fingerprint density at radius 2 is 1.56 bits per heavy atom. The van der Waals surface area contributed by atoms with E-state index in [0.717, 1.165) is 0 Å². The van der Waals surface area contributed by atoms with Crippen LogP contribution in [0.25, 0.3) is 0 Å². The first-order chi connectivity index (χ1) is 4.31. The highest BCUT2D eigenvalue weighted by atomic mass is 31.6. The van der Waals surface area contributed by atoms with Gasteiger partial charge in [-0.3, -0.25) is 0 Å². The fourth-order valence-corrected chi connectivity index (χ4v) is 833. The van der Waals surface area contributed by atoms with Crippen molar-refractivity contribution in [2.24, 2.45) is 0 Å². The quantitative estimate of drug-likeness (QED) is 0.359. The van der Waals surface area contributed by atoms with Crippen LogP contribution in [0.3, 0.4) is 0 Å². The van der Waals surface area contributed by atoms with Crippen LogP contribution >= 0.6 is 7.23 Å². The molecule has 4 unspecified atom stereocenters. The first-order valence-corrected chi connectivity index (χ1v) is 28.9. The smallest absolute Gasteiger partial charge is 0.246 e. The third kappa shape index (κ3) is 0.234. The van der Waals surface area contributed by atoms with Crippen molar-refractivity contribution in [3.05, 3.63) is 0 Å². The van der Waals surface area contributed by atoms with E-state index >= 15 is 0 Å². The van der Waals surface area contributed by atoms with Crippen LogP contribution in [0.5, 0.6) is 0 Å². The number of rotatable bonds is 1. The largest absolute Gasteiger partial charge is 0.266 e. The third-order valence-electron chi connectivity index (χ3n) is 4.16. The van der Waals surface area contributed by atoms with Crippen molar-refractivity contribution in [2.75, 3.05) is 0 Å². The zero-order valence-corrected chi connectivity index (χ0v) is 12.3. The topological polar surface area (TPSA) is 34.1 Å². The Labute approximate surface area is 59.5 Å². The van der Waals surface area contributed by atoms with Crippen molar-refractivity contribution >= 4 is 50.3 Å². The average molecular weight is 237 g/mol. The number of hydrogen-bond donors (Lipinski definition) is 0. The van der Waals surface area contributed by atoms with Crippen LogP contribution in [0.2, 0.25) is 0 Å². The van der Waals surface area contributed by atoms with Crippen LogP contribution in [0.4, 0.5) is 0 Å². The van der Waals surface area contributed by atoms with Gasteiger partial charge in [-0.1, -0.05) is 0 Å². The predicted molar refractivity (Wildman–Crippen MR) is 49.8 cm³/mol. The lowest BCUT2D eigenvalue weighted by Gasteiger charge is -2.13. The van der Waals surface area contributed by atoms with Crippen molar-refractivity contribution in [2.45, 2.75) is 0 Å². The van der Waals surface area contributed by atoms with Crippen LogP contribution < -0.4 is 0 Å². The molecule has 4 atom stereocenters. The normalized spacial score (nSPS) is 83.8. The van der Waals surface area contributed by atoms with Gasteiger partial charge in [-0.2, -0.15) is 0 Å². The highest BCUT2D eigenvalue weighted by molar-refractivity contribution is 8.86. The highest BCUT2D eigenvalue weighted by Crippen LogP contribution is 2.75. The molecule has 5 rings (SSSR count). The van der Waals surface area contributed by atoms with Crippen LogP contribution in [-0.2, 0) is 9.13 Å². The van der Waals surface area contributed by atoms with Crippen LogP contribution in [-0.4, -0.2) is 43.0 Å². The molecule has 5 aliphatic rings. The highest BCUT2D eigenvalue weighted by Gasteiger charge is 3.12. The lowest BCUT2D eigenvalue weighted by atomic mass is 15.9. The monoisotopic (exact) mass is 236 g/mol. The second-order valence-electron chi connectivity index (χ2n) is 3.88. The van der Waals surface area contributed by atoms with Gasteiger partial charge in [-0.15, -0.1) is 0 Å². The zero-order valence-electron chi connectivity index (χ0n) is 4.65. The second kappa shape index (κ2) is 0.974. The minimum atomic E-state index is -1.66. The molecule has 2 nitrogen and oxygen atoms in total. The fraction of sp³-hybridized carbons (Fsp3) is 0. The van der Waals surface area contributed by atoms with Crippen molar-refractivity contribution in [3.8, 4) is 0 Å². The van der Waals surface area contributed by atoms with Crippen LogP contribution in [0, 0.1) is 0 Å². The Kier molecular flexibility index (Phi) is 0.537. The van der Waals surface area contributed by atoms with E-state index in [1.54, 1.807) is 0 Å². The van der Waals surface area contributed by atoms with Gasteiger partial charge >= 0.3 is 0 Å². The summed E-state index contributed by atoms with van der Waals surface area (Å²) in [6, 6.07) is 0. The molecule has 0 N–H and O–H groups in total. The fourth-order valence-electron chi connectivity index (χ4n) is 3.87. The number of hydrogen-bond acceptors (Lipinski definition) is 2. The summed E-state index contributed by atoms with van der Waals surface area (Å²) in [6.07, 6.45) is -0.883. The van der Waals surface area contributed by atoms with E-state index in [0.29, 0.717) is 0 Å². The van der Waals surface area contributed by atoms with Gasteiger partial charge in [-0.05, 0) is 14.7 Å². The van der Waals surface area contributed by atoms with Crippen molar-refractivity contribution < 1.29 is 9.13 Å². The first kappa shape index (κ1) is 4.96. The van der Waals surface area contributed by atoms with Gasteiger partial charge in [0, 0.05) is 22.0 Å². The van der Waals surface area contributed by atoms with Gasteiger partial charge < -0.3 is 0 Å². The Balaban J connectivity index is 2.02. The summed E-state index contributed by atoms with van der Waals surface area (Å²) in [5, 5.41) is 0. The molecule has 5 heterocycles. The molecule has 5 aliphatic heterocycles. The lowest BCUT2D eigenvalue weighted by Crippen LogP contribution is -2.50. The molecular formula is H5O2PSi6. The maximum atomic E-state index is 10.8. The second-order valence-corrected chi connectivity index (χ2v) is 99.6. The molecule has 0 amide bonds. The molecule has 0 aliphatic carbocycles. The minimum Gasteiger partial charge on any atom is -0.246 e. The van der Waals surface area contributed by atoms with Crippen LogP contribution in [0.1, 0.15) is 0 Å². The van der Waals surface area contributed by atoms with E-state index in [9.17, 15) is 9.13 Å². The summed E-state index contributed by atoms with van der Waals surface area (Å²) in [4.78, 5) is 0. The summed E-state index contributed by atoms with van der Waals surface area (Å²) < 4.78 is 21.7. The maximum Gasteiger partial charge on any atom is 0.266 e. The van der Waals surface area contributed by atoms with Crippen molar-refractivity contribution in [3.63, 3.8) is 0 Å². The lowest BCUT2D eigenvalue weighted by molar-refractivity contribution is 0.526. The molecule has 0 saturated carbocycles. The van der Waals surface area contributed by atoms with E-state index < -0.39 is 13.5 Å². The van der Waals surface area contributed by atoms with Gasteiger partial charge in [0.05, 0.1) is 0 Å². The molecule has 0 bridgehead atoms. The van der Waals surface area contributed by atoms with Gasteiger partial charge in [0.2, 0.25) is 0 Å². The summed E-state index contributed by atoms with van der Waals surface area (Å²) in [5.74, 6) is 0. The van der Waals surface area contributed by atoms with Gasteiger partial charge in [-0.25, -0.2) is 9.13 Å². The van der Waals surface area contributed by atoms with E-state index in [1.165, 1.54) is 0 Å². The van der Waals surface area contributed by atoms with Crippen molar-refractivity contribution in [1.82, 2.24) is 0 Å². The summed E-state index contributed by atoms with van der Waals surface area (Å²) >= 11 is 0. The molecule has 5 saturated heterocycles. The molecule has 5 fully saturated rings. The molecule has 0 aromatic rings. The molecule has 9 heavy (non-hydrogen) atoms. The summed E-state index contributed by atoms with van der Waals surface area (Å²) in [7, 11) is -1.15. The third-order valence-corrected chi connectivity index (χ3v) is 300. The van der Waals surface area contributed by atoms with E-state index in [2.05, 4.69) is 0 Å². The Morgan fingerprint density at radius 3 is 1.78 bits per heavy atom. The maximum absolute atomic E-state index is 10.8. The average Bonchev–Trinajstić information content (AvgIpc) is 2.06. The van der Waals surface area contributed by atoms with Crippen molar-refractivity contribution in [1.29, 1.82) is 0 Å². The first-order valence-electron chi connectivity index (χ1n) is 3.45. The molecule has 0 radical (unpaired) electrons.